The number of aromatic amines is 1. The number of H-pyrrole nitrogens is 1. The van der Waals surface area contributed by atoms with Gasteiger partial charge in [0.1, 0.15) is 0 Å². The predicted molar refractivity (Wildman–Crippen MR) is 70.1 cm³/mol. The van der Waals surface area contributed by atoms with Crippen LogP contribution in [0.25, 0.3) is 5.69 Å². The van der Waals surface area contributed by atoms with Gasteiger partial charge in [0.2, 0.25) is 0 Å². The van der Waals surface area contributed by atoms with Gasteiger partial charge in [-0.25, -0.2) is 14.5 Å². The largest absolute Gasteiger partial charge is 0.348 e. The van der Waals surface area contributed by atoms with Crippen molar-refractivity contribution in [3.63, 3.8) is 0 Å². The maximum Gasteiger partial charge on any atom is 0.348 e. The first kappa shape index (κ1) is 12.0. The van der Waals surface area contributed by atoms with Crippen LogP contribution in [0.3, 0.4) is 0 Å². The molecular formula is C11H10ClN3OS. The molecule has 1 heterocycles. The molecule has 0 atom stereocenters. The van der Waals surface area contributed by atoms with Crippen LogP contribution in [0, 0.1) is 0 Å². The van der Waals surface area contributed by atoms with Gasteiger partial charge in [0.25, 0.3) is 0 Å². The number of nitrogens with one attached hydrogen (secondary N) is 1. The number of hydrogen-bond donors (Lipinski definition) is 1. The van der Waals surface area contributed by atoms with Gasteiger partial charge in [0.05, 0.1) is 5.69 Å². The summed E-state index contributed by atoms with van der Waals surface area (Å²) in [6.45, 7) is 3.63. The Morgan fingerprint density at radius 3 is 3.12 bits per heavy atom. The number of halogens is 1. The fourth-order valence-electron chi connectivity index (χ4n) is 1.36. The number of hydrogen-bond acceptors (Lipinski definition) is 3. The average Bonchev–Trinajstić information content (AvgIpc) is 2.68. The summed E-state index contributed by atoms with van der Waals surface area (Å²) in [5.41, 5.74) is 0.418. The van der Waals surface area contributed by atoms with Crippen LogP contribution in [-0.4, -0.2) is 20.5 Å². The Bertz CT molecular complexity index is 590. The van der Waals surface area contributed by atoms with E-state index in [0.717, 1.165) is 0 Å². The maximum absolute atomic E-state index is 11.7. The highest BCUT2D eigenvalue weighted by Gasteiger charge is 2.10. The van der Waals surface area contributed by atoms with E-state index in [1.54, 1.807) is 30.3 Å². The summed E-state index contributed by atoms with van der Waals surface area (Å²) in [7, 11) is 0. The molecule has 0 aliphatic carbocycles. The highest BCUT2D eigenvalue weighted by Crippen LogP contribution is 2.19. The van der Waals surface area contributed by atoms with E-state index in [1.807, 2.05) is 0 Å². The molecule has 4 nitrogen and oxygen atoms in total. The molecule has 0 spiro atoms. The van der Waals surface area contributed by atoms with E-state index in [9.17, 15) is 4.79 Å². The molecule has 0 fully saturated rings. The normalized spacial score (nSPS) is 10.4. The minimum Gasteiger partial charge on any atom is -0.246 e. The first-order chi connectivity index (χ1) is 8.22. The highest BCUT2D eigenvalue weighted by atomic mass is 35.5. The fraction of sp³-hybridized carbons (Fsp3) is 0.0909. The third kappa shape index (κ3) is 2.62. The molecule has 0 aliphatic heterocycles. The molecule has 0 aliphatic rings. The lowest BCUT2D eigenvalue weighted by atomic mass is 10.3. The fourth-order valence-corrected chi connectivity index (χ4v) is 2.23. The molecule has 1 aromatic carbocycles. The van der Waals surface area contributed by atoms with Crippen LogP contribution in [0.15, 0.2) is 46.9 Å². The topological polar surface area (TPSA) is 50.7 Å². The summed E-state index contributed by atoms with van der Waals surface area (Å²) in [4.78, 5) is 11.7. The molecule has 0 bridgehead atoms. The number of nitrogens with zero attached hydrogens (tertiary/aromatic N) is 2. The van der Waals surface area contributed by atoms with E-state index in [2.05, 4.69) is 16.8 Å². The van der Waals surface area contributed by atoms with Gasteiger partial charge < -0.3 is 0 Å². The molecule has 0 amide bonds. The van der Waals surface area contributed by atoms with Gasteiger partial charge in [-0.3, -0.25) is 0 Å². The molecule has 2 rings (SSSR count). The lowest BCUT2D eigenvalue weighted by molar-refractivity contribution is 0.871. The summed E-state index contributed by atoms with van der Waals surface area (Å²) < 4.78 is 1.49. The molecule has 17 heavy (non-hydrogen) atoms. The van der Waals surface area contributed by atoms with Crippen LogP contribution in [-0.2, 0) is 0 Å². The van der Waals surface area contributed by atoms with Crippen molar-refractivity contribution in [2.45, 2.75) is 5.16 Å². The summed E-state index contributed by atoms with van der Waals surface area (Å²) in [5, 5.41) is 7.55. The zero-order valence-corrected chi connectivity index (χ0v) is 10.5. The Hall–Kier alpha value is -1.46. The van der Waals surface area contributed by atoms with Crippen molar-refractivity contribution in [1.82, 2.24) is 14.8 Å². The lowest BCUT2D eigenvalue weighted by Crippen LogP contribution is -2.15. The second-order valence-corrected chi connectivity index (χ2v) is 4.65. The molecule has 2 aromatic rings. The third-order valence-corrected chi connectivity index (χ3v) is 3.21. The maximum atomic E-state index is 11.7. The first-order valence-electron chi connectivity index (χ1n) is 4.89. The molecule has 0 radical (unpaired) electrons. The Balaban J connectivity index is 2.47. The SMILES string of the molecule is C=CCSc1n[nH]c(=O)n1-c1cccc(Cl)c1. The van der Waals surface area contributed by atoms with Crippen molar-refractivity contribution in [2.75, 3.05) is 5.75 Å². The summed E-state index contributed by atoms with van der Waals surface area (Å²) in [6, 6.07) is 7.07. The molecule has 88 valence electrons. The summed E-state index contributed by atoms with van der Waals surface area (Å²) in [5.74, 6) is 0.685. The van der Waals surface area contributed by atoms with Crippen LogP contribution >= 0.6 is 23.4 Å². The molecule has 6 heteroatoms. The molecule has 0 saturated carbocycles. The summed E-state index contributed by atoms with van der Waals surface area (Å²) >= 11 is 7.33. The van der Waals surface area contributed by atoms with E-state index in [1.165, 1.54) is 16.3 Å². The van der Waals surface area contributed by atoms with Crippen LogP contribution < -0.4 is 5.69 Å². The lowest BCUT2D eigenvalue weighted by Gasteiger charge is -2.04. The number of benzene rings is 1. The van der Waals surface area contributed by atoms with Crippen molar-refractivity contribution >= 4 is 23.4 Å². The monoisotopic (exact) mass is 267 g/mol. The van der Waals surface area contributed by atoms with E-state index in [0.29, 0.717) is 21.6 Å². The van der Waals surface area contributed by atoms with Crippen LogP contribution in [0.1, 0.15) is 0 Å². The van der Waals surface area contributed by atoms with Gasteiger partial charge in [-0.05, 0) is 18.2 Å². The molecule has 1 aromatic heterocycles. The summed E-state index contributed by atoms with van der Waals surface area (Å²) in [6.07, 6.45) is 1.76. The van der Waals surface area contributed by atoms with Crippen LogP contribution in [0.5, 0.6) is 0 Å². The van der Waals surface area contributed by atoms with Gasteiger partial charge in [-0.1, -0.05) is 35.5 Å². The second-order valence-electron chi connectivity index (χ2n) is 3.23. The Morgan fingerprint density at radius 1 is 1.59 bits per heavy atom. The number of rotatable bonds is 4. The zero-order chi connectivity index (χ0) is 12.3. The van der Waals surface area contributed by atoms with E-state index in [-0.39, 0.29) is 5.69 Å². The minimum atomic E-state index is -0.279. The zero-order valence-electron chi connectivity index (χ0n) is 8.89. The Morgan fingerprint density at radius 2 is 2.41 bits per heavy atom. The van der Waals surface area contributed by atoms with Crippen LogP contribution in [0.4, 0.5) is 0 Å². The van der Waals surface area contributed by atoms with Gasteiger partial charge in [0.15, 0.2) is 5.16 Å². The highest BCUT2D eigenvalue weighted by molar-refractivity contribution is 7.99. The standard InChI is InChI=1S/C11H10ClN3OS/c1-2-6-17-11-14-13-10(16)15(11)9-5-3-4-8(12)7-9/h2-5,7H,1,6H2,(H,13,16). The van der Waals surface area contributed by atoms with E-state index < -0.39 is 0 Å². The first-order valence-corrected chi connectivity index (χ1v) is 6.26. The van der Waals surface area contributed by atoms with Crippen molar-refractivity contribution in [1.29, 1.82) is 0 Å². The third-order valence-electron chi connectivity index (χ3n) is 2.04. The molecule has 0 unspecified atom stereocenters. The predicted octanol–water partition coefficient (Wildman–Crippen LogP) is 2.49. The number of thioether (sulfide) groups is 1. The Kier molecular flexibility index (Phi) is 3.71. The molecule has 1 N–H and O–H groups in total. The van der Waals surface area contributed by atoms with Crippen molar-refractivity contribution in [3.8, 4) is 5.69 Å². The second kappa shape index (κ2) is 5.25. The van der Waals surface area contributed by atoms with Crippen LogP contribution in [0.2, 0.25) is 5.02 Å². The van der Waals surface area contributed by atoms with E-state index in [4.69, 9.17) is 11.6 Å². The van der Waals surface area contributed by atoms with Crippen molar-refractivity contribution in [3.05, 3.63) is 52.4 Å². The minimum absolute atomic E-state index is 0.279. The molecule has 0 saturated heterocycles. The van der Waals surface area contributed by atoms with Crippen molar-refractivity contribution < 1.29 is 0 Å². The quantitative estimate of drug-likeness (QED) is 0.684. The van der Waals surface area contributed by atoms with Gasteiger partial charge in [-0.15, -0.1) is 11.7 Å². The van der Waals surface area contributed by atoms with E-state index >= 15 is 0 Å². The van der Waals surface area contributed by atoms with Gasteiger partial charge in [0, 0.05) is 10.8 Å². The van der Waals surface area contributed by atoms with Gasteiger partial charge >= 0.3 is 5.69 Å². The van der Waals surface area contributed by atoms with Crippen molar-refractivity contribution in [2.24, 2.45) is 0 Å². The molecular weight excluding hydrogens is 258 g/mol. The number of aromatic nitrogens is 3. The average molecular weight is 268 g/mol. The van der Waals surface area contributed by atoms with Gasteiger partial charge in [-0.2, -0.15) is 0 Å². The smallest absolute Gasteiger partial charge is 0.246 e. The Labute approximate surface area is 107 Å².